The van der Waals surface area contributed by atoms with Crippen LogP contribution in [0.3, 0.4) is 0 Å². The number of nitrogens with zero attached hydrogens (tertiary/aromatic N) is 2. The molecule has 2 atom stereocenters. The highest BCUT2D eigenvalue weighted by molar-refractivity contribution is 8.16. The van der Waals surface area contributed by atoms with Gasteiger partial charge in [0.2, 0.25) is 5.91 Å². The molecule has 0 aromatic heterocycles. The molecule has 4 rings (SSSR count). The quantitative estimate of drug-likeness (QED) is 0.494. The zero-order valence-electron chi connectivity index (χ0n) is 21.3. The number of aliphatic imine (C=N–C) groups is 1. The minimum absolute atomic E-state index is 0.0623. The molecular formula is C26H33N3O6S. The van der Waals surface area contributed by atoms with Crippen LogP contribution < -0.4 is 14.8 Å². The van der Waals surface area contributed by atoms with Gasteiger partial charge in [-0.05, 0) is 51.2 Å². The van der Waals surface area contributed by atoms with Gasteiger partial charge < -0.3 is 29.2 Å². The summed E-state index contributed by atoms with van der Waals surface area (Å²) in [6.07, 6.45) is 1.87. The van der Waals surface area contributed by atoms with Crippen molar-refractivity contribution in [1.29, 1.82) is 0 Å². The van der Waals surface area contributed by atoms with Crippen LogP contribution in [0, 0.1) is 0 Å². The Balaban J connectivity index is 1.68. The van der Waals surface area contributed by atoms with E-state index in [2.05, 4.69) is 5.32 Å². The molecule has 3 heterocycles. The molecule has 1 saturated heterocycles. The number of rotatable bonds is 9. The lowest BCUT2D eigenvalue weighted by molar-refractivity contribution is -0.143. The standard InChI is InChI=1S/C26H33N3O6S/c1-15(2)35-25(31)23-16(3)28-26-29(24(23)20-9-8-18(32-4)12-21(20)33-5)17(14-36-26)11-22(30)27-13-19-7-6-10-34-19/h8-9,12,14-15,19,24H,6-7,10-11,13H2,1-5H3,(H,27,30). The fraction of sp³-hybridized carbons (Fsp3) is 0.500. The van der Waals surface area contributed by atoms with Crippen LogP contribution in [0.15, 0.2) is 45.6 Å². The fourth-order valence-corrected chi connectivity index (χ4v) is 5.47. The Hall–Kier alpha value is -2.98. The topological polar surface area (TPSA) is 98.7 Å². The lowest BCUT2D eigenvalue weighted by atomic mass is 9.93. The Morgan fingerprint density at radius 2 is 2.08 bits per heavy atom. The number of esters is 1. The van der Waals surface area contributed by atoms with Crippen LogP contribution in [0.4, 0.5) is 0 Å². The zero-order valence-corrected chi connectivity index (χ0v) is 22.1. The van der Waals surface area contributed by atoms with E-state index in [-0.39, 0.29) is 24.5 Å². The summed E-state index contributed by atoms with van der Waals surface area (Å²) in [5.74, 6) is 0.624. The number of thioether (sulfide) groups is 1. The number of nitrogens with one attached hydrogen (secondary N) is 1. The number of allylic oxidation sites excluding steroid dienone is 1. The first-order chi connectivity index (χ1) is 17.3. The minimum Gasteiger partial charge on any atom is -0.497 e. The van der Waals surface area contributed by atoms with Crippen LogP contribution in [0.1, 0.15) is 51.6 Å². The first-order valence-corrected chi connectivity index (χ1v) is 13.0. The summed E-state index contributed by atoms with van der Waals surface area (Å²) >= 11 is 1.43. The second-order valence-corrected chi connectivity index (χ2v) is 9.91. The average molecular weight is 516 g/mol. The van der Waals surface area contributed by atoms with Crippen molar-refractivity contribution in [3.8, 4) is 11.5 Å². The highest BCUT2D eigenvalue weighted by Crippen LogP contribution is 2.47. The van der Waals surface area contributed by atoms with E-state index in [1.165, 1.54) is 11.8 Å². The number of carbonyl (C=O) groups excluding carboxylic acids is 2. The van der Waals surface area contributed by atoms with Gasteiger partial charge in [-0.2, -0.15) is 0 Å². The molecule has 3 aliphatic heterocycles. The van der Waals surface area contributed by atoms with E-state index < -0.39 is 12.0 Å². The van der Waals surface area contributed by atoms with Gasteiger partial charge in [0.1, 0.15) is 11.5 Å². The van der Waals surface area contributed by atoms with Crippen molar-refractivity contribution in [1.82, 2.24) is 10.2 Å². The molecule has 1 fully saturated rings. The van der Waals surface area contributed by atoms with Crippen molar-refractivity contribution in [3.05, 3.63) is 46.1 Å². The van der Waals surface area contributed by atoms with E-state index in [1.54, 1.807) is 27.2 Å². The lowest BCUT2D eigenvalue weighted by Crippen LogP contribution is -2.39. The smallest absolute Gasteiger partial charge is 0.338 e. The van der Waals surface area contributed by atoms with Gasteiger partial charge in [0, 0.05) is 30.5 Å². The first-order valence-electron chi connectivity index (χ1n) is 12.1. The Kier molecular flexibility index (Phi) is 8.25. The van der Waals surface area contributed by atoms with Gasteiger partial charge in [0.25, 0.3) is 0 Å². The van der Waals surface area contributed by atoms with Crippen molar-refractivity contribution in [2.45, 2.75) is 58.3 Å². The van der Waals surface area contributed by atoms with Crippen molar-refractivity contribution >= 4 is 28.8 Å². The molecule has 2 unspecified atom stereocenters. The van der Waals surface area contributed by atoms with Crippen LogP contribution in [0.5, 0.6) is 11.5 Å². The summed E-state index contributed by atoms with van der Waals surface area (Å²) in [5.41, 5.74) is 2.46. The Labute approximate surface area is 215 Å². The highest BCUT2D eigenvalue weighted by Gasteiger charge is 2.42. The fourth-order valence-electron chi connectivity index (χ4n) is 4.51. The van der Waals surface area contributed by atoms with E-state index in [0.717, 1.165) is 30.7 Å². The van der Waals surface area contributed by atoms with Crippen LogP contribution in [0.2, 0.25) is 0 Å². The SMILES string of the molecule is COc1ccc(C2C(C(=O)OC(C)C)=C(C)N=C3SC=C(CC(=O)NCC4CCCO4)N32)c(OC)c1. The summed E-state index contributed by atoms with van der Waals surface area (Å²) < 4.78 is 22.3. The zero-order chi connectivity index (χ0) is 25.8. The molecule has 1 aromatic carbocycles. The van der Waals surface area contributed by atoms with Gasteiger partial charge in [0.15, 0.2) is 5.17 Å². The third-order valence-corrected chi connectivity index (χ3v) is 7.08. The molecule has 9 nitrogen and oxygen atoms in total. The number of benzene rings is 1. The average Bonchev–Trinajstić information content (AvgIpc) is 3.51. The van der Waals surface area contributed by atoms with E-state index in [0.29, 0.717) is 34.5 Å². The molecule has 0 radical (unpaired) electrons. The number of methoxy groups -OCH3 is 2. The van der Waals surface area contributed by atoms with Gasteiger partial charge in [0.05, 0.1) is 50.2 Å². The molecule has 1 aromatic rings. The van der Waals surface area contributed by atoms with Gasteiger partial charge in [-0.1, -0.05) is 11.8 Å². The molecule has 36 heavy (non-hydrogen) atoms. The van der Waals surface area contributed by atoms with Crippen LogP contribution in [-0.4, -0.2) is 61.5 Å². The highest BCUT2D eigenvalue weighted by atomic mass is 32.2. The number of ether oxygens (including phenoxy) is 4. The Morgan fingerprint density at radius 3 is 2.75 bits per heavy atom. The predicted octanol–water partition coefficient (Wildman–Crippen LogP) is 3.92. The summed E-state index contributed by atoms with van der Waals surface area (Å²) in [7, 11) is 3.16. The Bertz CT molecular complexity index is 1110. The maximum absolute atomic E-state index is 13.3. The number of amides is 1. The van der Waals surface area contributed by atoms with E-state index >= 15 is 0 Å². The second kappa shape index (κ2) is 11.4. The van der Waals surface area contributed by atoms with Crippen molar-refractivity contribution in [3.63, 3.8) is 0 Å². The number of carbonyl (C=O) groups is 2. The van der Waals surface area contributed by atoms with E-state index in [1.807, 2.05) is 36.3 Å². The summed E-state index contributed by atoms with van der Waals surface area (Å²) in [6.45, 7) is 6.65. The van der Waals surface area contributed by atoms with Gasteiger partial charge >= 0.3 is 5.97 Å². The number of hydrogen-bond donors (Lipinski definition) is 1. The molecule has 0 saturated carbocycles. The molecule has 0 spiro atoms. The van der Waals surface area contributed by atoms with Crippen molar-refractivity contribution < 1.29 is 28.5 Å². The lowest BCUT2D eigenvalue weighted by Gasteiger charge is -2.37. The third kappa shape index (κ3) is 5.54. The Morgan fingerprint density at radius 1 is 1.28 bits per heavy atom. The maximum Gasteiger partial charge on any atom is 0.338 e. The van der Waals surface area contributed by atoms with E-state index in [9.17, 15) is 9.59 Å². The molecule has 1 amide bonds. The molecule has 10 heteroatoms. The minimum atomic E-state index is -0.586. The molecule has 1 N–H and O–H groups in total. The van der Waals surface area contributed by atoms with Gasteiger partial charge in [-0.15, -0.1) is 0 Å². The number of fused-ring (bicyclic) bond motifs is 1. The third-order valence-electron chi connectivity index (χ3n) is 6.19. The number of hydrogen-bond acceptors (Lipinski definition) is 9. The summed E-state index contributed by atoms with van der Waals surface area (Å²) in [6, 6.07) is 4.89. The molecule has 0 aliphatic carbocycles. The van der Waals surface area contributed by atoms with Crippen molar-refractivity contribution in [2.24, 2.45) is 4.99 Å². The molecule has 194 valence electrons. The molecular weight excluding hydrogens is 482 g/mol. The normalized spacial score (nSPS) is 21.2. The van der Waals surface area contributed by atoms with Gasteiger partial charge in [-0.3, -0.25) is 4.79 Å². The predicted molar refractivity (Wildman–Crippen MR) is 138 cm³/mol. The summed E-state index contributed by atoms with van der Waals surface area (Å²) in [4.78, 5) is 32.8. The van der Waals surface area contributed by atoms with Crippen LogP contribution >= 0.6 is 11.8 Å². The summed E-state index contributed by atoms with van der Waals surface area (Å²) in [5, 5.41) is 5.59. The molecule has 0 bridgehead atoms. The van der Waals surface area contributed by atoms with Crippen LogP contribution in [0.25, 0.3) is 0 Å². The first kappa shape index (κ1) is 26.1. The monoisotopic (exact) mass is 515 g/mol. The van der Waals surface area contributed by atoms with Crippen molar-refractivity contribution in [2.75, 3.05) is 27.4 Å². The second-order valence-electron chi connectivity index (χ2n) is 9.07. The van der Waals surface area contributed by atoms with E-state index in [4.69, 9.17) is 23.9 Å². The van der Waals surface area contributed by atoms with Crippen LogP contribution in [-0.2, 0) is 19.1 Å². The van der Waals surface area contributed by atoms with Gasteiger partial charge in [-0.25, -0.2) is 9.79 Å². The maximum atomic E-state index is 13.3. The largest absolute Gasteiger partial charge is 0.497 e. The number of amidine groups is 1. The molecule has 3 aliphatic rings.